The zero-order valence-electron chi connectivity index (χ0n) is 12.1. The van der Waals surface area contributed by atoms with E-state index in [0.717, 1.165) is 5.56 Å². The van der Waals surface area contributed by atoms with Crippen molar-refractivity contribution in [2.45, 2.75) is 12.5 Å². The molecular weight excluding hydrogens is 314 g/mol. The fourth-order valence-corrected chi connectivity index (χ4v) is 2.14. The maximum Gasteiger partial charge on any atom is 0.251 e. The minimum atomic E-state index is -0.834. The lowest BCUT2D eigenvalue weighted by atomic mass is 10.0. The van der Waals surface area contributed by atoms with E-state index in [1.165, 1.54) is 24.3 Å². The van der Waals surface area contributed by atoms with E-state index in [0.29, 0.717) is 16.1 Å². The summed E-state index contributed by atoms with van der Waals surface area (Å²) in [6, 6.07) is 14.2. The Kier molecular flexibility index (Phi) is 5.34. The maximum atomic E-state index is 12.2. The van der Waals surface area contributed by atoms with Gasteiger partial charge in [-0.3, -0.25) is 9.59 Å². The third-order valence-corrected chi connectivity index (χ3v) is 3.53. The van der Waals surface area contributed by atoms with Crippen molar-refractivity contribution in [1.82, 2.24) is 5.32 Å². The molecule has 2 aromatic rings. The minimum absolute atomic E-state index is 0.272. The molecule has 0 saturated heterocycles. The van der Waals surface area contributed by atoms with Crippen LogP contribution in [0.15, 0.2) is 48.5 Å². The van der Waals surface area contributed by atoms with Crippen LogP contribution in [0.2, 0.25) is 5.02 Å². The predicted octanol–water partition coefficient (Wildman–Crippen LogP) is 2.04. The summed E-state index contributed by atoms with van der Waals surface area (Å²) in [5.74, 6) is -1.05. The van der Waals surface area contributed by atoms with Crippen LogP contribution in [0.1, 0.15) is 21.5 Å². The number of hydrogen-bond acceptors (Lipinski definition) is 3. The smallest absolute Gasteiger partial charge is 0.251 e. The lowest BCUT2D eigenvalue weighted by molar-refractivity contribution is -0.119. The summed E-state index contributed by atoms with van der Waals surface area (Å²) in [4.78, 5) is 23.8. The Balaban J connectivity index is 2.09. The number of nitrogens with two attached hydrogens (primary N) is 1. The van der Waals surface area contributed by atoms with Crippen molar-refractivity contribution < 1.29 is 9.59 Å². The monoisotopic (exact) mass is 327 g/mol. The van der Waals surface area contributed by atoms with Gasteiger partial charge in [-0.15, -0.1) is 0 Å². The molecular formula is C17H14ClN3O2. The second-order valence-electron chi connectivity index (χ2n) is 4.95. The van der Waals surface area contributed by atoms with Gasteiger partial charge in [-0.25, -0.2) is 0 Å². The Morgan fingerprint density at radius 2 is 1.74 bits per heavy atom. The second kappa shape index (κ2) is 7.43. The van der Waals surface area contributed by atoms with E-state index in [4.69, 9.17) is 22.6 Å². The first-order chi connectivity index (χ1) is 11.0. The molecule has 2 rings (SSSR count). The molecule has 0 saturated carbocycles. The van der Waals surface area contributed by atoms with Crippen LogP contribution in [0.25, 0.3) is 0 Å². The van der Waals surface area contributed by atoms with E-state index < -0.39 is 17.9 Å². The lowest BCUT2D eigenvalue weighted by Gasteiger charge is -2.15. The highest BCUT2D eigenvalue weighted by molar-refractivity contribution is 6.30. The van der Waals surface area contributed by atoms with Crippen molar-refractivity contribution in [1.29, 1.82) is 5.26 Å². The van der Waals surface area contributed by atoms with E-state index in [9.17, 15) is 9.59 Å². The van der Waals surface area contributed by atoms with Crippen molar-refractivity contribution in [2.75, 3.05) is 0 Å². The van der Waals surface area contributed by atoms with Gasteiger partial charge in [0.05, 0.1) is 11.6 Å². The molecule has 0 radical (unpaired) electrons. The summed E-state index contributed by atoms with van der Waals surface area (Å²) in [6.07, 6.45) is 0.272. The van der Waals surface area contributed by atoms with Gasteiger partial charge in [0.25, 0.3) is 5.91 Å². The van der Waals surface area contributed by atoms with Gasteiger partial charge in [0.15, 0.2) is 0 Å². The number of benzene rings is 2. The highest BCUT2D eigenvalue weighted by Gasteiger charge is 2.19. The molecule has 0 aliphatic carbocycles. The molecule has 0 unspecified atom stereocenters. The van der Waals surface area contributed by atoms with Crippen molar-refractivity contribution >= 4 is 23.4 Å². The summed E-state index contributed by atoms with van der Waals surface area (Å²) in [6.45, 7) is 0. The molecule has 5 nitrogen and oxygen atoms in total. The fraction of sp³-hybridized carbons (Fsp3) is 0.118. The number of hydrogen-bond donors (Lipinski definition) is 2. The van der Waals surface area contributed by atoms with Crippen molar-refractivity contribution in [2.24, 2.45) is 5.73 Å². The van der Waals surface area contributed by atoms with Crippen molar-refractivity contribution in [3.63, 3.8) is 0 Å². The Morgan fingerprint density at radius 1 is 1.13 bits per heavy atom. The molecule has 2 amide bonds. The van der Waals surface area contributed by atoms with Crippen LogP contribution in [0, 0.1) is 11.3 Å². The quantitative estimate of drug-likeness (QED) is 0.879. The molecule has 2 aromatic carbocycles. The van der Waals surface area contributed by atoms with Crippen LogP contribution in [-0.2, 0) is 11.2 Å². The van der Waals surface area contributed by atoms with Gasteiger partial charge in [-0.2, -0.15) is 5.26 Å². The number of carbonyl (C=O) groups is 2. The van der Waals surface area contributed by atoms with E-state index in [1.807, 2.05) is 6.07 Å². The molecule has 116 valence electrons. The molecule has 6 heteroatoms. The summed E-state index contributed by atoms with van der Waals surface area (Å²) >= 11 is 5.82. The lowest BCUT2D eigenvalue weighted by Crippen LogP contribution is -2.45. The third kappa shape index (κ3) is 4.56. The average Bonchev–Trinajstić information content (AvgIpc) is 2.56. The maximum absolute atomic E-state index is 12.2. The van der Waals surface area contributed by atoms with Crippen LogP contribution in [0.4, 0.5) is 0 Å². The molecule has 0 spiro atoms. The number of primary amides is 1. The molecule has 0 fully saturated rings. The van der Waals surface area contributed by atoms with Gasteiger partial charge < -0.3 is 11.1 Å². The first-order valence-corrected chi connectivity index (χ1v) is 7.22. The number of halogens is 1. The minimum Gasteiger partial charge on any atom is -0.368 e. The largest absolute Gasteiger partial charge is 0.368 e. The van der Waals surface area contributed by atoms with E-state index >= 15 is 0 Å². The van der Waals surface area contributed by atoms with Gasteiger partial charge in [-0.05, 0) is 42.0 Å². The average molecular weight is 328 g/mol. The van der Waals surface area contributed by atoms with E-state index in [1.54, 1.807) is 24.3 Å². The van der Waals surface area contributed by atoms with Gasteiger partial charge in [0.1, 0.15) is 6.04 Å². The first kappa shape index (κ1) is 16.5. The third-order valence-electron chi connectivity index (χ3n) is 3.28. The van der Waals surface area contributed by atoms with Crippen molar-refractivity contribution in [3.8, 4) is 6.07 Å². The number of nitriles is 1. The van der Waals surface area contributed by atoms with E-state index in [-0.39, 0.29) is 6.42 Å². The Bertz CT molecular complexity index is 749. The molecule has 1 atom stereocenters. The van der Waals surface area contributed by atoms with Crippen LogP contribution >= 0.6 is 11.6 Å². The number of nitrogens with one attached hydrogen (secondary N) is 1. The molecule has 0 heterocycles. The van der Waals surface area contributed by atoms with Gasteiger partial charge >= 0.3 is 0 Å². The van der Waals surface area contributed by atoms with Crippen molar-refractivity contribution in [3.05, 3.63) is 70.2 Å². The van der Waals surface area contributed by atoms with Gasteiger partial charge in [0.2, 0.25) is 5.91 Å². The Labute approximate surface area is 138 Å². The number of rotatable bonds is 5. The SMILES string of the molecule is N#Cc1ccc(C(=O)N[C@@H](Cc2ccc(Cl)cc2)C(N)=O)cc1. The Hall–Kier alpha value is -2.84. The van der Waals surface area contributed by atoms with E-state index in [2.05, 4.69) is 5.32 Å². The van der Waals surface area contributed by atoms with Crippen LogP contribution in [0.3, 0.4) is 0 Å². The van der Waals surface area contributed by atoms with Gasteiger partial charge in [0, 0.05) is 17.0 Å². The molecule has 23 heavy (non-hydrogen) atoms. The zero-order chi connectivity index (χ0) is 16.8. The summed E-state index contributed by atoms with van der Waals surface area (Å²) in [5, 5.41) is 11.9. The summed E-state index contributed by atoms with van der Waals surface area (Å²) in [7, 11) is 0. The molecule has 0 aliphatic heterocycles. The Morgan fingerprint density at radius 3 is 2.26 bits per heavy atom. The zero-order valence-corrected chi connectivity index (χ0v) is 12.9. The van der Waals surface area contributed by atoms with Crippen LogP contribution in [0.5, 0.6) is 0 Å². The standard InChI is InChI=1S/C17H14ClN3O2/c18-14-7-3-11(4-8-14)9-15(16(20)22)21-17(23)13-5-1-12(10-19)2-6-13/h1-8,15H,9H2,(H2,20,22)(H,21,23)/t15-/m0/s1. The van der Waals surface area contributed by atoms with Gasteiger partial charge in [-0.1, -0.05) is 23.7 Å². The number of amides is 2. The molecule has 0 aromatic heterocycles. The van der Waals surface area contributed by atoms with Crippen LogP contribution in [-0.4, -0.2) is 17.9 Å². The number of carbonyl (C=O) groups excluding carboxylic acids is 2. The fourth-order valence-electron chi connectivity index (χ4n) is 2.02. The summed E-state index contributed by atoms with van der Waals surface area (Å²) in [5.41, 5.74) is 7.00. The normalized spacial score (nSPS) is 11.3. The second-order valence-corrected chi connectivity index (χ2v) is 5.38. The predicted molar refractivity (Wildman–Crippen MR) is 86.8 cm³/mol. The highest BCUT2D eigenvalue weighted by atomic mass is 35.5. The van der Waals surface area contributed by atoms with Crippen LogP contribution < -0.4 is 11.1 Å². The molecule has 3 N–H and O–H groups in total. The number of nitrogens with zero attached hydrogens (tertiary/aromatic N) is 1. The molecule has 0 bridgehead atoms. The highest BCUT2D eigenvalue weighted by Crippen LogP contribution is 2.11. The topological polar surface area (TPSA) is 96.0 Å². The summed E-state index contributed by atoms with van der Waals surface area (Å²) < 4.78 is 0. The first-order valence-electron chi connectivity index (χ1n) is 6.84. The molecule has 0 aliphatic rings.